The number of hydrogen-bond acceptors (Lipinski definition) is 1. The van der Waals surface area contributed by atoms with Gasteiger partial charge in [-0.25, -0.2) is 8.78 Å². The molecule has 0 radical (unpaired) electrons. The predicted molar refractivity (Wildman–Crippen MR) is 61.7 cm³/mol. The van der Waals surface area contributed by atoms with E-state index in [4.69, 9.17) is 4.74 Å². The molecule has 0 unspecified atom stereocenters. The van der Waals surface area contributed by atoms with Crippen LogP contribution in [0.4, 0.5) is 13.2 Å². The molecule has 2 rings (SSSR count). The van der Waals surface area contributed by atoms with Gasteiger partial charge in [-0.2, -0.15) is 12.1 Å². The van der Waals surface area contributed by atoms with Gasteiger partial charge in [-0.3, -0.25) is 4.39 Å². The zero-order chi connectivity index (χ0) is 12.3. The van der Waals surface area contributed by atoms with E-state index in [-0.39, 0.29) is 52.4 Å². The van der Waals surface area contributed by atoms with Crippen molar-refractivity contribution in [1.29, 1.82) is 0 Å². The maximum Gasteiger partial charge on any atom is 2.00 e. The van der Waals surface area contributed by atoms with Gasteiger partial charge in [0, 0.05) is 11.6 Å². The van der Waals surface area contributed by atoms with Crippen LogP contribution in [0, 0.1) is 23.5 Å². The molecule has 2 aromatic rings. The molecule has 0 heterocycles. The predicted octanol–water partition coefficient (Wildman–Crippen LogP) is 0.106. The summed E-state index contributed by atoms with van der Waals surface area (Å²) in [6.07, 6.45) is 0. The third kappa shape index (κ3) is 5.04. The van der Waals surface area contributed by atoms with Crippen LogP contribution in [0.1, 0.15) is 5.56 Å². The zero-order valence-corrected chi connectivity index (χ0v) is 12.8. The van der Waals surface area contributed by atoms with Crippen molar-refractivity contribution in [2.75, 3.05) is 0 Å². The Balaban J connectivity index is 0.00000162. The molecule has 19 heavy (non-hydrogen) atoms. The number of hydrogen-bond donors (Lipinski definition) is 0. The van der Waals surface area contributed by atoms with Crippen LogP contribution in [0.15, 0.2) is 36.4 Å². The van der Waals surface area contributed by atoms with Crippen molar-refractivity contribution >= 4 is 23.1 Å². The molecule has 0 aliphatic heterocycles. The maximum absolute atomic E-state index is 13.1. The fraction of sp³-hybridized carbons (Fsp3) is 0.0769. The molecule has 0 aliphatic carbocycles. The first-order valence-corrected chi connectivity index (χ1v) is 4.89. The van der Waals surface area contributed by atoms with Crippen molar-refractivity contribution in [2.45, 2.75) is 6.61 Å². The number of benzene rings is 2. The molecule has 0 fully saturated rings. The molecule has 0 saturated heterocycles. The van der Waals surface area contributed by atoms with Gasteiger partial charge < -0.3 is 21.7 Å². The molecule has 0 amide bonds. The number of halogens is 4. The molecule has 0 atom stereocenters. The first kappa shape index (κ1) is 18.3. The van der Waals surface area contributed by atoms with E-state index in [0.29, 0.717) is 5.56 Å². The third-order valence-electron chi connectivity index (χ3n) is 2.15. The average molecular weight is 341 g/mol. The van der Waals surface area contributed by atoms with E-state index in [0.717, 1.165) is 18.2 Å². The zero-order valence-electron chi connectivity index (χ0n) is 9.80. The van der Waals surface area contributed by atoms with Crippen molar-refractivity contribution in [1.82, 2.24) is 0 Å². The van der Waals surface area contributed by atoms with Crippen LogP contribution in [-0.4, -0.2) is 23.1 Å². The van der Waals surface area contributed by atoms with Crippen molar-refractivity contribution < 1.29 is 34.9 Å². The van der Waals surface area contributed by atoms with Crippen LogP contribution in [0.5, 0.6) is 5.75 Å². The van der Waals surface area contributed by atoms with Gasteiger partial charge in [0.2, 0.25) is 0 Å². The van der Waals surface area contributed by atoms with E-state index >= 15 is 0 Å². The standard InChI is InChI=1S/C13H8F3O.BrH.Mg/c14-10-6-5-9(7-12(10)16)8-17-13-4-2-1-3-11(13)15;;/h2-7H,8H2;1H;/q-1;;+2/p-1. The first-order chi connectivity index (χ1) is 8.16. The van der Waals surface area contributed by atoms with Gasteiger partial charge in [0.25, 0.3) is 0 Å². The summed E-state index contributed by atoms with van der Waals surface area (Å²) in [5.74, 6) is -2.37. The molecule has 2 aromatic carbocycles. The number of ether oxygens (including phenoxy) is 1. The van der Waals surface area contributed by atoms with E-state index in [1.165, 1.54) is 18.2 Å². The Morgan fingerprint density at radius 3 is 2.37 bits per heavy atom. The fourth-order valence-corrected chi connectivity index (χ4v) is 1.30. The summed E-state index contributed by atoms with van der Waals surface area (Å²) in [7, 11) is 0. The van der Waals surface area contributed by atoms with Crippen LogP contribution >= 0.6 is 0 Å². The summed E-state index contributed by atoms with van der Waals surface area (Å²) in [5.41, 5.74) is 0.427. The second kappa shape index (κ2) is 8.45. The van der Waals surface area contributed by atoms with Crippen molar-refractivity contribution in [3.05, 3.63) is 65.5 Å². The minimum Gasteiger partial charge on any atom is -1.00 e. The van der Waals surface area contributed by atoms with Crippen molar-refractivity contribution in [2.24, 2.45) is 0 Å². The average Bonchev–Trinajstić information content (AvgIpc) is 2.32. The molecule has 1 nitrogen and oxygen atoms in total. The Kier molecular flexibility index (Phi) is 8.13. The fourth-order valence-electron chi connectivity index (χ4n) is 1.30. The third-order valence-corrected chi connectivity index (χ3v) is 2.15. The molecule has 96 valence electrons. The van der Waals surface area contributed by atoms with Gasteiger partial charge in [0.05, 0.1) is 0 Å². The Morgan fingerprint density at radius 2 is 1.74 bits per heavy atom. The van der Waals surface area contributed by atoms with Gasteiger partial charge in [0.15, 0.2) is 11.6 Å². The summed E-state index contributed by atoms with van der Waals surface area (Å²) >= 11 is 0. The normalized spacial score (nSPS) is 9.21. The van der Waals surface area contributed by atoms with Gasteiger partial charge in [0.1, 0.15) is 6.61 Å². The van der Waals surface area contributed by atoms with Crippen LogP contribution in [0.25, 0.3) is 0 Å². The molecular formula is C13H8BrF3MgO. The van der Waals surface area contributed by atoms with Gasteiger partial charge >= 0.3 is 23.1 Å². The van der Waals surface area contributed by atoms with E-state index in [1.807, 2.05) is 0 Å². The molecule has 0 bridgehead atoms. The van der Waals surface area contributed by atoms with E-state index in [1.54, 1.807) is 0 Å². The summed E-state index contributed by atoms with van der Waals surface area (Å²) in [5, 5.41) is 0. The minimum atomic E-state index is -0.951. The monoisotopic (exact) mass is 340 g/mol. The minimum absolute atomic E-state index is 0. The smallest absolute Gasteiger partial charge is 1.00 e. The molecule has 0 spiro atoms. The van der Waals surface area contributed by atoms with Crippen LogP contribution < -0.4 is 21.7 Å². The SMILES string of the molecule is Fc1ccc(COc2cc[c-]cc2F)cc1F.[Br-].[Mg+2]. The van der Waals surface area contributed by atoms with E-state index in [2.05, 4.69) is 6.07 Å². The Bertz CT molecular complexity index is 537. The van der Waals surface area contributed by atoms with Crippen LogP contribution in [0.2, 0.25) is 0 Å². The first-order valence-electron chi connectivity index (χ1n) is 4.89. The van der Waals surface area contributed by atoms with Crippen molar-refractivity contribution in [3.63, 3.8) is 0 Å². The second-order valence-electron chi connectivity index (χ2n) is 3.39. The largest absolute Gasteiger partial charge is 2.00 e. The topological polar surface area (TPSA) is 9.23 Å². The molecule has 0 aromatic heterocycles. The van der Waals surface area contributed by atoms with Gasteiger partial charge in [-0.05, 0) is 17.7 Å². The second-order valence-corrected chi connectivity index (χ2v) is 3.39. The summed E-state index contributed by atoms with van der Waals surface area (Å²) in [6.45, 7) is -0.0296. The maximum atomic E-state index is 13.1. The van der Waals surface area contributed by atoms with Crippen LogP contribution in [-0.2, 0) is 6.61 Å². The summed E-state index contributed by atoms with van der Waals surface area (Å²) in [6, 6.07) is 10.0. The quantitative estimate of drug-likeness (QED) is 0.569. The molecule has 0 aliphatic rings. The summed E-state index contributed by atoms with van der Waals surface area (Å²) < 4.78 is 43.8. The molecule has 6 heteroatoms. The van der Waals surface area contributed by atoms with Crippen LogP contribution in [0.3, 0.4) is 0 Å². The van der Waals surface area contributed by atoms with Gasteiger partial charge in [-0.15, -0.1) is 12.1 Å². The Hall–Kier alpha value is -0.724. The van der Waals surface area contributed by atoms with E-state index in [9.17, 15) is 13.2 Å². The Morgan fingerprint density at radius 1 is 1.00 bits per heavy atom. The molecular weight excluding hydrogens is 333 g/mol. The number of rotatable bonds is 3. The molecule has 0 saturated carbocycles. The Labute approximate surface area is 135 Å². The molecule has 0 N–H and O–H groups in total. The van der Waals surface area contributed by atoms with E-state index < -0.39 is 17.5 Å². The van der Waals surface area contributed by atoms with Gasteiger partial charge in [-0.1, -0.05) is 6.07 Å². The summed E-state index contributed by atoms with van der Waals surface area (Å²) in [4.78, 5) is 0. The van der Waals surface area contributed by atoms with Crippen molar-refractivity contribution in [3.8, 4) is 5.75 Å².